The normalized spacial score (nSPS) is 11.7. The van der Waals surface area contributed by atoms with Gasteiger partial charge in [0.1, 0.15) is 17.5 Å². The van der Waals surface area contributed by atoms with E-state index in [0.717, 1.165) is 6.07 Å². The number of nitrogens with one attached hydrogen (secondary N) is 1. The van der Waals surface area contributed by atoms with Crippen molar-refractivity contribution >= 4 is 28.2 Å². The van der Waals surface area contributed by atoms with E-state index in [9.17, 15) is 13.2 Å². The first-order valence-corrected chi connectivity index (χ1v) is 7.79. The number of para-hydroxylation sites is 2. The first-order valence-electron chi connectivity index (χ1n) is 7.79. The summed E-state index contributed by atoms with van der Waals surface area (Å²) >= 11 is 0. The number of fused-ring (bicyclic) bond motifs is 1. The topological polar surface area (TPSA) is 94.5 Å². The minimum absolute atomic E-state index is 0.0382. The molecule has 3 N–H and O–H groups in total. The third-order valence-electron chi connectivity index (χ3n) is 3.90. The minimum Gasteiger partial charge on any atom is -0.393 e. The molecule has 0 radical (unpaired) electrons. The average Bonchev–Trinajstić information content (AvgIpc) is 3.07. The Labute approximate surface area is 150 Å². The van der Waals surface area contributed by atoms with Crippen LogP contribution < -0.4 is 11.1 Å². The number of nitrogen functional groups attached to an aromatic ring is 1. The van der Waals surface area contributed by atoms with E-state index in [0.29, 0.717) is 11.0 Å². The number of aromatic nitrogens is 5. The lowest BCUT2D eigenvalue weighted by atomic mass is 10.1. The molecule has 0 aliphatic carbocycles. The van der Waals surface area contributed by atoms with Crippen LogP contribution in [0.1, 0.15) is 5.56 Å². The molecule has 7 nitrogen and oxygen atoms in total. The van der Waals surface area contributed by atoms with Gasteiger partial charge >= 0.3 is 6.18 Å². The maximum Gasteiger partial charge on any atom is 0.418 e. The molecule has 2 heterocycles. The van der Waals surface area contributed by atoms with Crippen LogP contribution in [0.5, 0.6) is 0 Å². The summed E-state index contributed by atoms with van der Waals surface area (Å²) in [5.74, 6) is 0.252. The van der Waals surface area contributed by atoms with Crippen LogP contribution in [0.3, 0.4) is 0 Å². The number of nitrogens with zero attached hydrogens (tertiary/aromatic N) is 5. The Bertz CT molecular complexity index is 1120. The molecule has 2 aromatic carbocycles. The van der Waals surface area contributed by atoms with E-state index >= 15 is 0 Å². The predicted octanol–water partition coefficient (Wildman–Crippen LogP) is 3.56. The highest BCUT2D eigenvalue weighted by Gasteiger charge is 2.33. The largest absolute Gasteiger partial charge is 0.418 e. The summed E-state index contributed by atoms with van der Waals surface area (Å²) in [5, 5.41) is 10.7. The highest BCUT2D eigenvalue weighted by Crippen LogP contribution is 2.36. The number of halogens is 3. The van der Waals surface area contributed by atoms with E-state index < -0.39 is 11.7 Å². The van der Waals surface area contributed by atoms with Gasteiger partial charge in [0, 0.05) is 0 Å². The standard InChI is InChI=1S/C17H12F3N7/c18-17(19,20)10-5-1-2-6-11(10)24-15-14(21)16(23-9-22-15)27-13-8-4-3-7-12(13)25-26-27/h1-9H,21H2,(H,22,23,24). The first kappa shape index (κ1) is 16.8. The van der Waals surface area contributed by atoms with Crippen LogP contribution in [0.15, 0.2) is 54.9 Å². The van der Waals surface area contributed by atoms with Crippen molar-refractivity contribution in [2.45, 2.75) is 6.18 Å². The van der Waals surface area contributed by atoms with Crippen LogP contribution in [0, 0.1) is 0 Å². The van der Waals surface area contributed by atoms with Gasteiger partial charge in [0.05, 0.1) is 16.8 Å². The maximum atomic E-state index is 13.2. The maximum absolute atomic E-state index is 13.2. The van der Waals surface area contributed by atoms with Gasteiger partial charge in [-0.05, 0) is 24.3 Å². The Morgan fingerprint density at radius 2 is 1.70 bits per heavy atom. The molecule has 0 saturated carbocycles. The smallest absolute Gasteiger partial charge is 0.393 e. The lowest BCUT2D eigenvalue weighted by Gasteiger charge is -2.15. The first-order chi connectivity index (χ1) is 12.9. The predicted molar refractivity (Wildman–Crippen MR) is 93.6 cm³/mol. The van der Waals surface area contributed by atoms with E-state index in [4.69, 9.17) is 5.73 Å². The van der Waals surface area contributed by atoms with Gasteiger partial charge in [-0.1, -0.05) is 29.5 Å². The van der Waals surface area contributed by atoms with E-state index in [1.165, 1.54) is 29.2 Å². The van der Waals surface area contributed by atoms with Gasteiger partial charge in [-0.25, -0.2) is 9.97 Å². The zero-order valence-corrected chi connectivity index (χ0v) is 13.6. The van der Waals surface area contributed by atoms with Crippen LogP contribution in [-0.2, 0) is 6.18 Å². The molecule has 0 atom stereocenters. The summed E-state index contributed by atoms with van der Waals surface area (Å²) in [7, 11) is 0. The molecule has 4 aromatic rings. The molecule has 0 aliphatic heterocycles. The van der Waals surface area contributed by atoms with Gasteiger partial charge in [-0.15, -0.1) is 5.10 Å². The van der Waals surface area contributed by atoms with Crippen molar-refractivity contribution in [3.05, 3.63) is 60.4 Å². The summed E-state index contributed by atoms with van der Waals surface area (Å²) in [6.45, 7) is 0. The molecule has 0 spiro atoms. The molecule has 4 rings (SSSR count). The monoisotopic (exact) mass is 371 g/mol. The van der Waals surface area contributed by atoms with Crippen molar-refractivity contribution < 1.29 is 13.2 Å². The van der Waals surface area contributed by atoms with E-state index in [2.05, 4.69) is 25.6 Å². The summed E-state index contributed by atoms with van der Waals surface area (Å²) < 4.78 is 41.0. The Hall–Kier alpha value is -3.69. The van der Waals surface area contributed by atoms with Crippen LogP contribution in [-0.4, -0.2) is 25.0 Å². The van der Waals surface area contributed by atoms with Gasteiger partial charge in [-0.3, -0.25) is 0 Å². The summed E-state index contributed by atoms with van der Waals surface area (Å²) in [6, 6.07) is 12.2. The van der Waals surface area contributed by atoms with Gasteiger partial charge < -0.3 is 11.1 Å². The minimum atomic E-state index is -4.52. The number of benzene rings is 2. The summed E-state index contributed by atoms with van der Waals surface area (Å²) in [4.78, 5) is 8.08. The summed E-state index contributed by atoms with van der Waals surface area (Å²) in [5.41, 5.74) is 6.46. The molecule has 27 heavy (non-hydrogen) atoms. The number of hydrogen-bond acceptors (Lipinski definition) is 6. The van der Waals surface area contributed by atoms with Crippen LogP contribution in [0.2, 0.25) is 0 Å². The molecular formula is C17H12F3N7. The fourth-order valence-corrected chi connectivity index (χ4v) is 2.65. The molecule has 0 saturated heterocycles. The van der Waals surface area contributed by atoms with Crippen molar-refractivity contribution in [1.29, 1.82) is 0 Å². The molecule has 0 bridgehead atoms. The fraction of sp³-hybridized carbons (Fsp3) is 0.0588. The zero-order chi connectivity index (χ0) is 19.0. The third-order valence-corrected chi connectivity index (χ3v) is 3.90. The highest BCUT2D eigenvalue weighted by atomic mass is 19.4. The van der Waals surface area contributed by atoms with Crippen molar-refractivity contribution in [2.75, 3.05) is 11.1 Å². The molecule has 0 unspecified atom stereocenters. The number of rotatable bonds is 3. The van der Waals surface area contributed by atoms with E-state index in [1.54, 1.807) is 18.2 Å². The average molecular weight is 371 g/mol. The van der Waals surface area contributed by atoms with Crippen LogP contribution in [0.4, 0.5) is 30.4 Å². The molecule has 0 fully saturated rings. The van der Waals surface area contributed by atoms with E-state index in [1.807, 2.05) is 6.07 Å². The lowest BCUT2D eigenvalue weighted by molar-refractivity contribution is -0.136. The van der Waals surface area contributed by atoms with Gasteiger partial charge in [0.25, 0.3) is 0 Å². The Morgan fingerprint density at radius 1 is 0.963 bits per heavy atom. The second-order valence-corrected chi connectivity index (χ2v) is 5.62. The van der Waals surface area contributed by atoms with Crippen molar-refractivity contribution in [1.82, 2.24) is 25.0 Å². The summed E-state index contributed by atoms with van der Waals surface area (Å²) in [6.07, 6.45) is -3.32. The fourth-order valence-electron chi connectivity index (χ4n) is 2.65. The SMILES string of the molecule is Nc1c(Nc2ccccc2C(F)(F)F)ncnc1-n1nnc2ccccc21. The van der Waals surface area contributed by atoms with Gasteiger partial charge in [0.2, 0.25) is 0 Å². The van der Waals surface area contributed by atoms with Crippen molar-refractivity contribution in [3.63, 3.8) is 0 Å². The van der Waals surface area contributed by atoms with Crippen molar-refractivity contribution in [2.24, 2.45) is 0 Å². The van der Waals surface area contributed by atoms with Crippen LogP contribution in [0.25, 0.3) is 16.9 Å². The Morgan fingerprint density at radius 3 is 2.52 bits per heavy atom. The number of nitrogens with two attached hydrogens (primary N) is 1. The molecule has 10 heteroatoms. The Balaban J connectivity index is 1.78. The number of anilines is 3. The molecular weight excluding hydrogens is 359 g/mol. The molecule has 0 amide bonds. The lowest BCUT2D eigenvalue weighted by Crippen LogP contribution is -2.12. The molecule has 136 valence electrons. The highest BCUT2D eigenvalue weighted by molar-refractivity contribution is 5.80. The quantitative estimate of drug-likeness (QED) is 0.572. The van der Waals surface area contributed by atoms with Gasteiger partial charge in [-0.2, -0.15) is 17.9 Å². The van der Waals surface area contributed by atoms with Gasteiger partial charge in [0.15, 0.2) is 11.6 Å². The van der Waals surface area contributed by atoms with Crippen LogP contribution >= 0.6 is 0 Å². The number of alkyl halides is 3. The number of hydrogen-bond donors (Lipinski definition) is 2. The second kappa shape index (κ2) is 6.24. The molecule has 0 aliphatic rings. The second-order valence-electron chi connectivity index (χ2n) is 5.62. The van der Waals surface area contributed by atoms with Crippen molar-refractivity contribution in [3.8, 4) is 5.82 Å². The Kier molecular flexibility index (Phi) is 3.87. The van der Waals surface area contributed by atoms with E-state index in [-0.39, 0.29) is 23.0 Å². The zero-order valence-electron chi connectivity index (χ0n) is 13.6. The third kappa shape index (κ3) is 3.01. The molecule has 2 aromatic heterocycles.